The Morgan fingerprint density at radius 2 is 2.05 bits per heavy atom. The lowest BCUT2D eigenvalue weighted by Crippen LogP contribution is -2.01. The molecule has 0 aliphatic carbocycles. The van der Waals surface area contributed by atoms with Crippen molar-refractivity contribution in [2.24, 2.45) is 0 Å². The number of esters is 1. The van der Waals surface area contributed by atoms with Crippen LogP contribution in [0.5, 0.6) is 5.75 Å². The average Bonchev–Trinajstić information content (AvgIpc) is 2.82. The van der Waals surface area contributed by atoms with E-state index in [0.29, 0.717) is 27.3 Å². The van der Waals surface area contributed by atoms with E-state index in [4.69, 9.17) is 27.9 Å². The van der Waals surface area contributed by atoms with Gasteiger partial charge in [0.2, 0.25) is 0 Å². The third-order valence-corrected chi connectivity index (χ3v) is 3.85. The molecule has 1 aromatic heterocycles. The number of halogens is 2. The summed E-state index contributed by atoms with van der Waals surface area (Å²) in [7, 11) is 1.32. The molecule has 6 heteroatoms. The number of hydrogen-bond donors (Lipinski definition) is 0. The Hall–Kier alpha value is -1.23. The minimum atomic E-state index is -0.432. The van der Waals surface area contributed by atoms with Gasteiger partial charge in [0, 0.05) is 4.88 Å². The zero-order valence-electron chi connectivity index (χ0n) is 9.98. The fraction of sp³-hybridized carbons (Fsp3) is 0.154. The van der Waals surface area contributed by atoms with E-state index in [1.54, 1.807) is 12.1 Å². The molecule has 0 N–H and O–H groups in total. The van der Waals surface area contributed by atoms with Crippen molar-refractivity contribution in [2.75, 3.05) is 7.11 Å². The second-order valence-corrected chi connectivity index (χ2v) is 5.84. The first-order valence-corrected chi connectivity index (χ1v) is 6.92. The lowest BCUT2D eigenvalue weighted by molar-refractivity contribution is 0.0600. The van der Waals surface area contributed by atoms with Crippen LogP contribution in [0.25, 0.3) is 0 Å². The lowest BCUT2D eigenvalue weighted by atomic mass is 10.2. The van der Waals surface area contributed by atoms with Crippen molar-refractivity contribution in [3.05, 3.63) is 50.1 Å². The molecule has 0 radical (unpaired) electrons. The van der Waals surface area contributed by atoms with Crippen molar-refractivity contribution >= 4 is 40.5 Å². The molecule has 19 heavy (non-hydrogen) atoms. The van der Waals surface area contributed by atoms with Crippen LogP contribution < -0.4 is 4.74 Å². The van der Waals surface area contributed by atoms with Crippen molar-refractivity contribution < 1.29 is 14.3 Å². The molecule has 0 spiro atoms. The molecule has 3 nitrogen and oxygen atoms in total. The van der Waals surface area contributed by atoms with Crippen LogP contribution in [0.15, 0.2) is 30.3 Å². The second kappa shape index (κ2) is 6.28. The van der Waals surface area contributed by atoms with E-state index in [2.05, 4.69) is 4.74 Å². The number of methoxy groups -OCH3 is 1. The van der Waals surface area contributed by atoms with Crippen LogP contribution in [-0.4, -0.2) is 13.1 Å². The van der Waals surface area contributed by atoms with E-state index in [9.17, 15) is 4.79 Å². The average molecular weight is 317 g/mol. The molecule has 0 atom stereocenters. The van der Waals surface area contributed by atoms with Crippen LogP contribution in [0.1, 0.15) is 15.2 Å². The molecule has 0 bridgehead atoms. The topological polar surface area (TPSA) is 35.5 Å². The van der Waals surface area contributed by atoms with Gasteiger partial charge in [-0.2, -0.15) is 0 Å². The Balaban J connectivity index is 2.07. The monoisotopic (exact) mass is 316 g/mol. The normalized spacial score (nSPS) is 10.3. The number of rotatable bonds is 4. The third-order valence-electron chi connectivity index (χ3n) is 2.35. The molecule has 0 amide bonds. The van der Waals surface area contributed by atoms with Crippen LogP contribution in [-0.2, 0) is 11.3 Å². The largest absolute Gasteiger partial charge is 0.487 e. The van der Waals surface area contributed by atoms with E-state index in [1.807, 2.05) is 12.1 Å². The molecular weight excluding hydrogens is 307 g/mol. The molecule has 1 aromatic carbocycles. The van der Waals surface area contributed by atoms with E-state index in [-0.39, 0.29) is 0 Å². The van der Waals surface area contributed by atoms with Gasteiger partial charge in [0.25, 0.3) is 0 Å². The predicted molar refractivity (Wildman–Crippen MR) is 76.5 cm³/mol. The van der Waals surface area contributed by atoms with Gasteiger partial charge in [-0.15, -0.1) is 11.3 Å². The Labute approximate surface area is 124 Å². The van der Waals surface area contributed by atoms with Gasteiger partial charge in [-0.05, 0) is 30.3 Å². The summed E-state index contributed by atoms with van der Waals surface area (Å²) in [4.78, 5) is 12.3. The fourth-order valence-electron chi connectivity index (χ4n) is 1.44. The van der Waals surface area contributed by atoms with Gasteiger partial charge < -0.3 is 9.47 Å². The van der Waals surface area contributed by atoms with E-state index < -0.39 is 5.97 Å². The molecule has 2 aromatic rings. The fourth-order valence-corrected chi connectivity index (χ4v) is 2.68. The number of ether oxygens (including phenoxy) is 2. The van der Waals surface area contributed by atoms with Gasteiger partial charge in [0.05, 0.1) is 22.0 Å². The molecule has 0 unspecified atom stereocenters. The summed E-state index contributed by atoms with van der Waals surface area (Å²) in [6.45, 7) is 0.384. The standard InChI is InChI=1S/C13H10Cl2O3S/c1-17-13(16)8-2-4-11(10(14)6-8)18-7-9-3-5-12(15)19-9/h2-6H,7H2,1H3. The van der Waals surface area contributed by atoms with Gasteiger partial charge in [-0.3, -0.25) is 0 Å². The third kappa shape index (κ3) is 3.62. The lowest BCUT2D eigenvalue weighted by Gasteiger charge is -2.08. The van der Waals surface area contributed by atoms with Crippen molar-refractivity contribution in [1.82, 2.24) is 0 Å². The minimum Gasteiger partial charge on any atom is -0.487 e. The Morgan fingerprint density at radius 3 is 2.63 bits per heavy atom. The van der Waals surface area contributed by atoms with E-state index >= 15 is 0 Å². The number of carbonyl (C=O) groups excluding carboxylic acids is 1. The van der Waals surface area contributed by atoms with Crippen LogP contribution in [0.2, 0.25) is 9.36 Å². The van der Waals surface area contributed by atoms with Crippen molar-refractivity contribution in [1.29, 1.82) is 0 Å². The Morgan fingerprint density at radius 1 is 1.26 bits per heavy atom. The molecule has 0 aliphatic rings. The summed E-state index contributed by atoms with van der Waals surface area (Å²) in [6, 6.07) is 8.47. The van der Waals surface area contributed by atoms with Gasteiger partial charge in [0.15, 0.2) is 0 Å². The summed E-state index contributed by atoms with van der Waals surface area (Å²) in [5.41, 5.74) is 0.388. The van der Waals surface area contributed by atoms with Gasteiger partial charge in [-0.25, -0.2) is 4.79 Å². The molecule has 100 valence electrons. The first-order chi connectivity index (χ1) is 9.10. The van der Waals surface area contributed by atoms with Crippen LogP contribution >= 0.6 is 34.5 Å². The maximum absolute atomic E-state index is 11.3. The molecule has 0 saturated heterocycles. The number of benzene rings is 1. The molecular formula is C13H10Cl2O3S. The Kier molecular flexibility index (Phi) is 4.69. The summed E-state index contributed by atoms with van der Waals surface area (Å²) >= 11 is 13.3. The summed E-state index contributed by atoms with van der Waals surface area (Å²) in [6.07, 6.45) is 0. The predicted octanol–water partition coefficient (Wildman–Crippen LogP) is 4.42. The van der Waals surface area contributed by atoms with Crippen molar-refractivity contribution in [2.45, 2.75) is 6.61 Å². The second-order valence-electron chi connectivity index (χ2n) is 3.63. The molecule has 1 heterocycles. The minimum absolute atomic E-state index is 0.366. The Bertz CT molecular complexity index is 595. The first kappa shape index (κ1) is 14.2. The maximum atomic E-state index is 11.3. The van der Waals surface area contributed by atoms with Crippen LogP contribution in [0, 0.1) is 0 Å². The molecule has 2 rings (SSSR count). The SMILES string of the molecule is COC(=O)c1ccc(OCc2ccc(Cl)s2)c(Cl)c1. The quantitative estimate of drug-likeness (QED) is 0.783. The zero-order chi connectivity index (χ0) is 13.8. The van der Waals surface area contributed by atoms with Crippen LogP contribution in [0.3, 0.4) is 0 Å². The van der Waals surface area contributed by atoms with Gasteiger partial charge in [-0.1, -0.05) is 23.2 Å². The highest BCUT2D eigenvalue weighted by Crippen LogP contribution is 2.28. The summed E-state index contributed by atoms with van der Waals surface area (Å²) in [5.74, 6) is 0.0809. The highest BCUT2D eigenvalue weighted by Gasteiger charge is 2.10. The van der Waals surface area contributed by atoms with E-state index in [1.165, 1.54) is 24.5 Å². The maximum Gasteiger partial charge on any atom is 0.337 e. The van der Waals surface area contributed by atoms with Crippen LogP contribution in [0.4, 0.5) is 0 Å². The summed E-state index contributed by atoms with van der Waals surface area (Å²) < 4.78 is 10.9. The molecule has 0 saturated carbocycles. The van der Waals surface area contributed by atoms with Gasteiger partial charge in [0.1, 0.15) is 12.4 Å². The highest BCUT2D eigenvalue weighted by atomic mass is 35.5. The smallest absolute Gasteiger partial charge is 0.337 e. The molecule has 0 fully saturated rings. The zero-order valence-corrected chi connectivity index (χ0v) is 12.3. The van der Waals surface area contributed by atoms with Crippen molar-refractivity contribution in [3.8, 4) is 5.75 Å². The number of thiophene rings is 1. The number of hydrogen-bond acceptors (Lipinski definition) is 4. The van der Waals surface area contributed by atoms with E-state index in [0.717, 1.165) is 4.88 Å². The summed E-state index contributed by atoms with van der Waals surface area (Å²) in [5, 5.41) is 0.366. The van der Waals surface area contributed by atoms with Gasteiger partial charge >= 0.3 is 5.97 Å². The van der Waals surface area contributed by atoms with Crippen molar-refractivity contribution in [3.63, 3.8) is 0 Å². The number of carbonyl (C=O) groups is 1. The first-order valence-electron chi connectivity index (χ1n) is 5.35. The molecule has 0 aliphatic heterocycles. The highest BCUT2D eigenvalue weighted by molar-refractivity contribution is 7.16.